The minimum Gasteiger partial charge on any atom is -0.330 e. The van der Waals surface area contributed by atoms with E-state index in [2.05, 4.69) is 40.6 Å². The van der Waals surface area contributed by atoms with E-state index < -0.39 is 0 Å². The van der Waals surface area contributed by atoms with Crippen molar-refractivity contribution in [1.29, 1.82) is 0 Å². The van der Waals surface area contributed by atoms with Crippen molar-refractivity contribution in [2.24, 2.45) is 5.73 Å². The van der Waals surface area contributed by atoms with E-state index in [9.17, 15) is 4.79 Å². The second-order valence-corrected chi connectivity index (χ2v) is 5.90. The highest BCUT2D eigenvalue weighted by Crippen LogP contribution is 2.27. The van der Waals surface area contributed by atoms with Gasteiger partial charge in [0.2, 0.25) is 5.91 Å². The number of hydrogen-bond acceptors (Lipinski definition) is 4. The maximum Gasteiger partial charge on any atom is 0.226 e. The van der Waals surface area contributed by atoms with Gasteiger partial charge < -0.3 is 11.1 Å². The number of fused-ring (bicyclic) bond motifs is 1. The molecule has 1 heterocycles. The molecule has 3 N–H and O–H groups in total. The fraction of sp³-hybridized carbons (Fsp3) is 0.176. The zero-order chi connectivity index (χ0) is 15.4. The van der Waals surface area contributed by atoms with Crippen LogP contribution in [0.2, 0.25) is 0 Å². The molecule has 0 saturated heterocycles. The molecule has 0 bridgehead atoms. The average Bonchev–Trinajstić information content (AvgIpc) is 3.01. The number of rotatable bonds is 5. The predicted molar refractivity (Wildman–Crippen MR) is 92.0 cm³/mol. The van der Waals surface area contributed by atoms with Gasteiger partial charge >= 0.3 is 0 Å². The monoisotopic (exact) mass is 311 g/mol. The third-order valence-electron chi connectivity index (χ3n) is 3.40. The molecule has 0 aliphatic carbocycles. The number of nitrogens with one attached hydrogen (secondary N) is 1. The number of amides is 1. The topological polar surface area (TPSA) is 68.0 Å². The number of anilines is 1. The first-order valence-electron chi connectivity index (χ1n) is 7.21. The first-order chi connectivity index (χ1) is 10.8. The largest absolute Gasteiger partial charge is 0.330 e. The molecule has 5 heteroatoms. The van der Waals surface area contributed by atoms with Crippen molar-refractivity contribution in [1.82, 2.24) is 4.98 Å². The fourth-order valence-electron chi connectivity index (χ4n) is 2.26. The van der Waals surface area contributed by atoms with E-state index in [-0.39, 0.29) is 5.91 Å². The normalized spacial score (nSPS) is 10.8. The first-order valence-corrected chi connectivity index (χ1v) is 8.09. The Kier molecular flexibility index (Phi) is 4.46. The van der Waals surface area contributed by atoms with Gasteiger partial charge in [0.25, 0.3) is 0 Å². The van der Waals surface area contributed by atoms with Crippen LogP contribution in [0.4, 0.5) is 5.13 Å². The molecule has 0 atom stereocenters. The molecule has 0 aliphatic rings. The number of carbonyl (C=O) groups is 1. The van der Waals surface area contributed by atoms with Crippen LogP contribution in [-0.4, -0.2) is 17.4 Å². The summed E-state index contributed by atoms with van der Waals surface area (Å²) >= 11 is 1.44. The van der Waals surface area contributed by atoms with Crippen molar-refractivity contribution in [2.75, 3.05) is 11.9 Å². The minimum absolute atomic E-state index is 0.0372. The number of nitrogens with two attached hydrogens (primary N) is 1. The highest BCUT2D eigenvalue weighted by atomic mass is 32.1. The van der Waals surface area contributed by atoms with Crippen LogP contribution in [0.25, 0.3) is 22.0 Å². The molecule has 0 unspecified atom stereocenters. The summed E-state index contributed by atoms with van der Waals surface area (Å²) in [7, 11) is 0. The van der Waals surface area contributed by atoms with Crippen LogP contribution in [-0.2, 0) is 4.79 Å². The van der Waals surface area contributed by atoms with Crippen molar-refractivity contribution >= 4 is 33.1 Å². The Bertz CT molecular complexity index is 797. The molecule has 1 aromatic heterocycles. The van der Waals surface area contributed by atoms with Gasteiger partial charge in [-0.15, -0.1) is 11.3 Å². The Hall–Kier alpha value is -2.24. The summed E-state index contributed by atoms with van der Waals surface area (Å²) in [5.74, 6) is -0.0372. The fourth-order valence-corrected chi connectivity index (χ4v) is 2.99. The summed E-state index contributed by atoms with van der Waals surface area (Å²) in [4.78, 5) is 16.2. The van der Waals surface area contributed by atoms with E-state index in [1.165, 1.54) is 22.1 Å². The molecule has 3 aromatic rings. The van der Waals surface area contributed by atoms with Gasteiger partial charge in [-0.05, 0) is 29.8 Å². The molecular weight excluding hydrogens is 294 g/mol. The quantitative estimate of drug-likeness (QED) is 0.756. The number of thiazole rings is 1. The van der Waals surface area contributed by atoms with Gasteiger partial charge in [-0.25, -0.2) is 4.98 Å². The molecule has 0 radical (unpaired) electrons. The van der Waals surface area contributed by atoms with Gasteiger partial charge in [0.15, 0.2) is 5.13 Å². The maximum absolute atomic E-state index is 11.7. The smallest absolute Gasteiger partial charge is 0.226 e. The van der Waals surface area contributed by atoms with Crippen LogP contribution < -0.4 is 11.1 Å². The Balaban J connectivity index is 1.78. The summed E-state index contributed by atoms with van der Waals surface area (Å²) in [6, 6.07) is 14.5. The summed E-state index contributed by atoms with van der Waals surface area (Å²) in [6.45, 7) is 0.521. The number of hydrogen-bond donors (Lipinski definition) is 2. The van der Waals surface area contributed by atoms with Crippen LogP contribution >= 0.6 is 11.3 Å². The molecule has 112 valence electrons. The van der Waals surface area contributed by atoms with Gasteiger partial charge in [0, 0.05) is 17.4 Å². The van der Waals surface area contributed by atoms with Crippen molar-refractivity contribution in [3.8, 4) is 11.3 Å². The lowest BCUT2D eigenvalue weighted by molar-refractivity contribution is -0.116. The highest BCUT2D eigenvalue weighted by Gasteiger charge is 2.08. The van der Waals surface area contributed by atoms with Crippen LogP contribution in [0.5, 0.6) is 0 Å². The van der Waals surface area contributed by atoms with Crippen molar-refractivity contribution in [3.63, 3.8) is 0 Å². The van der Waals surface area contributed by atoms with Crippen molar-refractivity contribution < 1.29 is 4.79 Å². The van der Waals surface area contributed by atoms with Gasteiger partial charge in [-0.3, -0.25) is 4.79 Å². The van der Waals surface area contributed by atoms with Crippen LogP contribution in [0.3, 0.4) is 0 Å². The third-order valence-corrected chi connectivity index (χ3v) is 4.16. The second-order valence-electron chi connectivity index (χ2n) is 5.04. The van der Waals surface area contributed by atoms with Gasteiger partial charge in [-0.2, -0.15) is 0 Å². The Morgan fingerprint density at radius 3 is 2.82 bits per heavy atom. The van der Waals surface area contributed by atoms with E-state index in [4.69, 9.17) is 5.73 Å². The van der Waals surface area contributed by atoms with E-state index >= 15 is 0 Å². The molecule has 1 amide bonds. The summed E-state index contributed by atoms with van der Waals surface area (Å²) in [5.41, 5.74) is 7.34. The van der Waals surface area contributed by atoms with E-state index in [1.54, 1.807) is 0 Å². The molecule has 0 fully saturated rings. The van der Waals surface area contributed by atoms with Gasteiger partial charge in [0.1, 0.15) is 0 Å². The zero-order valence-electron chi connectivity index (χ0n) is 12.1. The van der Waals surface area contributed by atoms with Crippen LogP contribution in [0, 0.1) is 0 Å². The van der Waals surface area contributed by atoms with Crippen LogP contribution in [0.1, 0.15) is 12.8 Å². The number of benzene rings is 2. The van der Waals surface area contributed by atoms with E-state index in [0.717, 1.165) is 11.3 Å². The number of aromatic nitrogens is 1. The molecular formula is C17H17N3OS. The number of nitrogens with zero attached hydrogens (tertiary/aromatic N) is 1. The van der Waals surface area contributed by atoms with Gasteiger partial charge in [0.05, 0.1) is 5.69 Å². The van der Waals surface area contributed by atoms with Crippen LogP contribution in [0.15, 0.2) is 47.8 Å². The summed E-state index contributed by atoms with van der Waals surface area (Å²) in [5, 5.41) is 7.80. The summed E-state index contributed by atoms with van der Waals surface area (Å²) < 4.78 is 0. The van der Waals surface area contributed by atoms with E-state index in [1.807, 2.05) is 17.5 Å². The molecule has 3 rings (SSSR count). The molecule has 4 nitrogen and oxygen atoms in total. The maximum atomic E-state index is 11.7. The lowest BCUT2D eigenvalue weighted by Gasteiger charge is -2.01. The Labute approximate surface area is 133 Å². The van der Waals surface area contributed by atoms with Crippen molar-refractivity contribution in [3.05, 3.63) is 47.8 Å². The van der Waals surface area contributed by atoms with Gasteiger partial charge in [-0.1, -0.05) is 36.4 Å². The Morgan fingerprint density at radius 1 is 1.18 bits per heavy atom. The third kappa shape index (κ3) is 3.32. The van der Waals surface area contributed by atoms with Crippen molar-refractivity contribution in [2.45, 2.75) is 12.8 Å². The standard InChI is InChI=1S/C17H17N3OS/c18-9-3-6-16(21)20-17-19-15(11-22-17)14-8-7-12-4-1-2-5-13(12)10-14/h1-2,4-5,7-8,10-11H,3,6,9,18H2,(H,19,20,21). The number of carbonyl (C=O) groups excluding carboxylic acids is 1. The summed E-state index contributed by atoms with van der Waals surface area (Å²) in [6.07, 6.45) is 1.12. The minimum atomic E-state index is -0.0372. The first kappa shape index (κ1) is 14.7. The SMILES string of the molecule is NCCCC(=O)Nc1nc(-c2ccc3ccccc3c2)cs1. The average molecular weight is 311 g/mol. The molecule has 0 aliphatic heterocycles. The lowest BCUT2D eigenvalue weighted by Crippen LogP contribution is -2.13. The molecule has 22 heavy (non-hydrogen) atoms. The Morgan fingerprint density at radius 2 is 2.00 bits per heavy atom. The molecule has 0 saturated carbocycles. The zero-order valence-corrected chi connectivity index (χ0v) is 12.9. The van der Waals surface area contributed by atoms with E-state index in [0.29, 0.717) is 24.5 Å². The highest BCUT2D eigenvalue weighted by molar-refractivity contribution is 7.14. The predicted octanol–water partition coefficient (Wildman–Crippen LogP) is 3.64. The lowest BCUT2D eigenvalue weighted by atomic mass is 10.1. The molecule has 0 spiro atoms. The second kappa shape index (κ2) is 6.68. The molecule has 2 aromatic carbocycles.